The minimum absolute atomic E-state index is 0.0365. The van der Waals surface area contributed by atoms with Crippen molar-refractivity contribution in [1.29, 1.82) is 0 Å². The molecule has 0 radical (unpaired) electrons. The van der Waals surface area contributed by atoms with Gasteiger partial charge in [-0.25, -0.2) is 9.89 Å². The van der Waals surface area contributed by atoms with Gasteiger partial charge in [-0.15, -0.1) is 0 Å². The Bertz CT molecular complexity index is 859. The number of hydrogen-bond donors (Lipinski definition) is 4. The Labute approximate surface area is 147 Å². The minimum Gasteiger partial charge on any atom is -0.506 e. The number of hydrogen-bond acceptors (Lipinski definition) is 7. The fourth-order valence-electron chi connectivity index (χ4n) is 1.82. The fourth-order valence-corrected chi connectivity index (χ4v) is 2.29. The standard InChI is InChI=1S/C14H15Cl2N5O3/c1-14(2,3)11-12(18-13(24)21-19-11)20-17-5-6-4-7(15)10(23)8(16)9(6)22/h4-5,22-23H,1-3H3,(H2,18,20,21,24)/b17-5+. The second-order valence-corrected chi connectivity index (χ2v) is 6.70. The lowest BCUT2D eigenvalue weighted by atomic mass is 9.92. The van der Waals surface area contributed by atoms with Crippen LogP contribution in [0.1, 0.15) is 32.0 Å². The van der Waals surface area contributed by atoms with E-state index in [9.17, 15) is 15.0 Å². The van der Waals surface area contributed by atoms with E-state index in [-0.39, 0.29) is 32.6 Å². The first kappa shape index (κ1) is 18.0. The van der Waals surface area contributed by atoms with Crippen molar-refractivity contribution >= 4 is 35.2 Å². The molecule has 8 nitrogen and oxygen atoms in total. The molecule has 2 rings (SSSR count). The third-order valence-electron chi connectivity index (χ3n) is 2.98. The molecule has 0 unspecified atom stereocenters. The second-order valence-electron chi connectivity index (χ2n) is 5.92. The molecule has 0 amide bonds. The van der Waals surface area contributed by atoms with Gasteiger partial charge in [0, 0.05) is 11.0 Å². The number of benzene rings is 1. The molecule has 128 valence electrons. The number of aromatic amines is 1. The molecule has 4 N–H and O–H groups in total. The smallest absolute Gasteiger partial charge is 0.363 e. The molecule has 0 spiro atoms. The number of aromatic hydroxyl groups is 2. The van der Waals surface area contributed by atoms with E-state index in [4.69, 9.17) is 23.2 Å². The Morgan fingerprint density at radius 2 is 1.96 bits per heavy atom. The van der Waals surface area contributed by atoms with E-state index in [1.807, 2.05) is 20.8 Å². The second kappa shape index (κ2) is 6.66. The highest BCUT2D eigenvalue weighted by Crippen LogP contribution is 2.40. The molecule has 0 saturated carbocycles. The molecule has 0 bridgehead atoms. The Morgan fingerprint density at radius 1 is 1.29 bits per heavy atom. The van der Waals surface area contributed by atoms with Crippen molar-refractivity contribution in [2.45, 2.75) is 26.2 Å². The molecule has 2 aromatic rings. The summed E-state index contributed by atoms with van der Waals surface area (Å²) in [6, 6.07) is 1.29. The average molecular weight is 372 g/mol. The zero-order valence-electron chi connectivity index (χ0n) is 13.1. The molecule has 0 saturated heterocycles. The topological polar surface area (TPSA) is 123 Å². The maximum Gasteiger partial charge on any atom is 0.363 e. The summed E-state index contributed by atoms with van der Waals surface area (Å²) in [5.41, 5.74) is 2.27. The molecule has 0 atom stereocenters. The van der Waals surface area contributed by atoms with Crippen LogP contribution in [0.2, 0.25) is 10.0 Å². The highest BCUT2D eigenvalue weighted by molar-refractivity contribution is 6.38. The number of nitrogens with one attached hydrogen (secondary N) is 2. The van der Waals surface area contributed by atoms with Crippen LogP contribution in [0.15, 0.2) is 16.0 Å². The van der Waals surface area contributed by atoms with Crippen LogP contribution in [-0.2, 0) is 5.41 Å². The predicted octanol–water partition coefficient (Wildman–Crippen LogP) is 2.63. The molecule has 0 aliphatic heterocycles. The van der Waals surface area contributed by atoms with Crippen LogP contribution >= 0.6 is 23.2 Å². The summed E-state index contributed by atoms with van der Waals surface area (Å²) in [5, 5.41) is 29.2. The van der Waals surface area contributed by atoms with Gasteiger partial charge >= 0.3 is 5.69 Å². The number of hydrazone groups is 1. The van der Waals surface area contributed by atoms with Crippen molar-refractivity contribution in [3.8, 4) is 11.5 Å². The van der Waals surface area contributed by atoms with Crippen LogP contribution in [0.5, 0.6) is 11.5 Å². The van der Waals surface area contributed by atoms with Crippen molar-refractivity contribution in [2.24, 2.45) is 5.10 Å². The van der Waals surface area contributed by atoms with Gasteiger partial charge in [0.1, 0.15) is 16.5 Å². The number of nitrogens with zero attached hydrogens (tertiary/aromatic N) is 3. The lowest BCUT2D eigenvalue weighted by Crippen LogP contribution is -2.24. The van der Waals surface area contributed by atoms with Crippen LogP contribution in [0, 0.1) is 0 Å². The van der Waals surface area contributed by atoms with E-state index in [1.165, 1.54) is 12.3 Å². The van der Waals surface area contributed by atoms with Crippen LogP contribution in [0.4, 0.5) is 5.82 Å². The summed E-state index contributed by atoms with van der Waals surface area (Å²) in [6.45, 7) is 5.70. The summed E-state index contributed by atoms with van der Waals surface area (Å²) in [7, 11) is 0. The lowest BCUT2D eigenvalue weighted by molar-refractivity contribution is 0.450. The number of phenols is 2. The third kappa shape index (κ3) is 3.77. The number of anilines is 1. The van der Waals surface area contributed by atoms with E-state index in [2.05, 4.69) is 25.7 Å². The van der Waals surface area contributed by atoms with Crippen molar-refractivity contribution in [3.63, 3.8) is 0 Å². The van der Waals surface area contributed by atoms with Gasteiger partial charge in [0.25, 0.3) is 0 Å². The van der Waals surface area contributed by atoms with E-state index in [1.54, 1.807) is 0 Å². The number of H-pyrrole nitrogens is 1. The molecule has 1 heterocycles. The molecular formula is C14H15Cl2N5O3. The van der Waals surface area contributed by atoms with Crippen LogP contribution in [0.25, 0.3) is 0 Å². The first-order valence-corrected chi connectivity index (χ1v) is 7.53. The monoisotopic (exact) mass is 371 g/mol. The van der Waals surface area contributed by atoms with E-state index < -0.39 is 11.4 Å². The summed E-state index contributed by atoms with van der Waals surface area (Å²) in [5.74, 6) is -0.619. The van der Waals surface area contributed by atoms with Crippen molar-refractivity contribution in [1.82, 2.24) is 15.2 Å². The zero-order chi connectivity index (χ0) is 18.1. The van der Waals surface area contributed by atoms with Crippen LogP contribution in [-0.4, -0.2) is 31.6 Å². The SMILES string of the molecule is CC(C)(C)c1n[nH]c(=O)nc1N/N=C/c1cc(Cl)c(O)c(Cl)c1O. The summed E-state index contributed by atoms with van der Waals surface area (Å²) in [6.07, 6.45) is 1.22. The molecular weight excluding hydrogens is 357 g/mol. The quantitative estimate of drug-likeness (QED) is 0.485. The Hall–Kier alpha value is -2.32. The van der Waals surface area contributed by atoms with Crippen molar-refractivity contribution < 1.29 is 10.2 Å². The molecule has 1 aromatic carbocycles. The molecule has 0 aliphatic carbocycles. The number of phenolic OH excluding ortho intramolecular Hbond substituents is 2. The van der Waals surface area contributed by atoms with Gasteiger partial charge in [-0.2, -0.15) is 15.2 Å². The minimum atomic E-state index is -0.626. The molecule has 0 aliphatic rings. The van der Waals surface area contributed by atoms with Gasteiger partial charge < -0.3 is 10.2 Å². The maximum atomic E-state index is 11.4. The molecule has 10 heteroatoms. The summed E-state index contributed by atoms with van der Waals surface area (Å²) >= 11 is 11.6. The van der Waals surface area contributed by atoms with Crippen LogP contribution < -0.4 is 11.1 Å². The van der Waals surface area contributed by atoms with Gasteiger partial charge in [0.05, 0.1) is 11.2 Å². The van der Waals surface area contributed by atoms with Crippen molar-refractivity contribution in [2.75, 3.05) is 5.43 Å². The van der Waals surface area contributed by atoms with Crippen LogP contribution in [0.3, 0.4) is 0 Å². The highest BCUT2D eigenvalue weighted by Gasteiger charge is 2.21. The van der Waals surface area contributed by atoms with Crippen molar-refractivity contribution in [3.05, 3.63) is 37.9 Å². The first-order chi connectivity index (χ1) is 11.1. The Kier molecular flexibility index (Phi) is 5.00. The number of aromatic nitrogens is 3. The van der Waals surface area contributed by atoms with E-state index in [0.717, 1.165) is 0 Å². The number of rotatable bonds is 3. The zero-order valence-corrected chi connectivity index (χ0v) is 14.6. The Morgan fingerprint density at radius 3 is 2.58 bits per heavy atom. The first-order valence-electron chi connectivity index (χ1n) is 6.77. The fraction of sp³-hybridized carbons (Fsp3) is 0.286. The lowest BCUT2D eigenvalue weighted by Gasteiger charge is -2.18. The van der Waals surface area contributed by atoms with E-state index in [0.29, 0.717) is 5.69 Å². The number of halogens is 2. The normalized spacial score (nSPS) is 11.9. The van der Waals surface area contributed by atoms with Gasteiger partial charge in [0.15, 0.2) is 11.6 Å². The molecule has 0 fully saturated rings. The van der Waals surface area contributed by atoms with E-state index >= 15 is 0 Å². The third-order valence-corrected chi connectivity index (χ3v) is 3.63. The van der Waals surface area contributed by atoms with Gasteiger partial charge in [-0.05, 0) is 6.07 Å². The summed E-state index contributed by atoms with van der Waals surface area (Å²) in [4.78, 5) is 15.1. The van der Waals surface area contributed by atoms with Gasteiger partial charge in [-0.3, -0.25) is 5.43 Å². The van der Waals surface area contributed by atoms with Gasteiger partial charge in [-0.1, -0.05) is 44.0 Å². The van der Waals surface area contributed by atoms with Gasteiger partial charge in [0.2, 0.25) is 0 Å². The Balaban J connectivity index is 2.34. The highest BCUT2D eigenvalue weighted by atomic mass is 35.5. The summed E-state index contributed by atoms with van der Waals surface area (Å²) < 4.78 is 0. The average Bonchev–Trinajstić information content (AvgIpc) is 2.49. The maximum absolute atomic E-state index is 11.4. The molecule has 1 aromatic heterocycles. The molecule has 24 heavy (non-hydrogen) atoms. The predicted molar refractivity (Wildman–Crippen MR) is 92.4 cm³/mol. The largest absolute Gasteiger partial charge is 0.506 e.